The second-order valence-electron chi connectivity index (χ2n) is 6.62. The third-order valence-electron chi connectivity index (χ3n) is 4.61. The summed E-state index contributed by atoms with van der Waals surface area (Å²) < 4.78 is 33.7. The normalized spacial score (nSPS) is 13.8. The Morgan fingerprint density at radius 3 is 2.29 bits per heavy atom. The molecule has 0 aromatic heterocycles. The molecule has 156 valence electrons. The summed E-state index contributed by atoms with van der Waals surface area (Å²) >= 11 is 1.11. The molecule has 1 aliphatic rings. The molecule has 1 heterocycles. The number of thioether (sulfide) groups is 1. The van der Waals surface area contributed by atoms with E-state index in [1.54, 1.807) is 36.4 Å². The number of rotatable bonds is 6. The van der Waals surface area contributed by atoms with Crippen LogP contribution in [0.4, 0.5) is 14.5 Å². The fourth-order valence-corrected chi connectivity index (χ4v) is 4.24. The van der Waals surface area contributed by atoms with Crippen LogP contribution in [0.15, 0.2) is 82.6 Å². The first-order valence-corrected chi connectivity index (χ1v) is 10.4. The average molecular weight is 437 g/mol. The van der Waals surface area contributed by atoms with Gasteiger partial charge >= 0.3 is 0 Å². The molecule has 3 aromatic rings. The Balaban J connectivity index is 1.82. The third-order valence-corrected chi connectivity index (χ3v) is 5.70. The predicted molar refractivity (Wildman–Crippen MR) is 116 cm³/mol. The van der Waals surface area contributed by atoms with Crippen LogP contribution in [0.1, 0.15) is 12.5 Å². The third kappa shape index (κ3) is 4.09. The van der Waals surface area contributed by atoms with Crippen LogP contribution >= 0.6 is 11.8 Å². The second-order valence-corrected chi connectivity index (χ2v) is 7.70. The van der Waals surface area contributed by atoms with Crippen molar-refractivity contribution in [3.05, 3.63) is 94.9 Å². The van der Waals surface area contributed by atoms with Gasteiger partial charge in [0.1, 0.15) is 17.4 Å². The Kier molecular flexibility index (Phi) is 5.86. The van der Waals surface area contributed by atoms with Gasteiger partial charge in [0.2, 0.25) is 0 Å². The van der Waals surface area contributed by atoms with Gasteiger partial charge in [0.15, 0.2) is 0 Å². The Morgan fingerprint density at radius 2 is 1.61 bits per heavy atom. The number of ether oxygens (including phenoxy) is 1. The summed E-state index contributed by atoms with van der Waals surface area (Å²) in [6, 6.07) is 18.5. The summed E-state index contributed by atoms with van der Waals surface area (Å²) in [5.41, 5.74) is 0.201. The van der Waals surface area contributed by atoms with Gasteiger partial charge in [0, 0.05) is 11.0 Å². The van der Waals surface area contributed by atoms with Crippen LogP contribution in [-0.4, -0.2) is 18.4 Å². The highest BCUT2D eigenvalue weighted by Gasteiger charge is 2.41. The Labute approximate surface area is 182 Å². The van der Waals surface area contributed by atoms with E-state index in [2.05, 4.69) is 0 Å². The minimum absolute atomic E-state index is 0.130. The van der Waals surface area contributed by atoms with Crippen LogP contribution in [0.25, 0.3) is 5.57 Å². The Morgan fingerprint density at radius 1 is 0.903 bits per heavy atom. The van der Waals surface area contributed by atoms with Gasteiger partial charge in [-0.2, -0.15) is 0 Å². The van der Waals surface area contributed by atoms with Gasteiger partial charge in [-0.25, -0.2) is 13.7 Å². The van der Waals surface area contributed by atoms with Crippen LogP contribution in [0.5, 0.6) is 5.75 Å². The summed E-state index contributed by atoms with van der Waals surface area (Å²) in [6.45, 7) is 2.34. The fraction of sp³-hybridized carbons (Fsp3) is 0.0833. The summed E-state index contributed by atoms with van der Waals surface area (Å²) in [5, 5.41) is 0. The van der Waals surface area contributed by atoms with Gasteiger partial charge in [-0.3, -0.25) is 9.59 Å². The zero-order valence-electron chi connectivity index (χ0n) is 16.5. The smallest absolute Gasteiger partial charge is 0.273 e. The first-order valence-electron chi connectivity index (χ1n) is 9.54. The van der Waals surface area contributed by atoms with Crippen molar-refractivity contribution in [2.75, 3.05) is 11.5 Å². The molecule has 7 heteroatoms. The molecule has 0 fully saturated rings. The maximum Gasteiger partial charge on any atom is 0.273 e. The molecule has 0 radical (unpaired) electrons. The largest absolute Gasteiger partial charge is 0.494 e. The van der Waals surface area contributed by atoms with Crippen LogP contribution < -0.4 is 9.64 Å². The lowest BCUT2D eigenvalue weighted by molar-refractivity contribution is -0.119. The number of halogens is 2. The lowest BCUT2D eigenvalue weighted by Gasteiger charge is -2.16. The van der Waals surface area contributed by atoms with Crippen LogP contribution in [0.2, 0.25) is 0 Å². The quantitative estimate of drug-likeness (QED) is 0.482. The number of hydrogen-bond acceptors (Lipinski definition) is 4. The van der Waals surface area contributed by atoms with Crippen molar-refractivity contribution in [2.45, 2.75) is 11.8 Å². The van der Waals surface area contributed by atoms with Crippen molar-refractivity contribution in [1.29, 1.82) is 0 Å². The molecule has 0 aliphatic carbocycles. The predicted octanol–water partition coefficient (Wildman–Crippen LogP) is 5.44. The van der Waals surface area contributed by atoms with Crippen molar-refractivity contribution in [1.82, 2.24) is 0 Å². The van der Waals surface area contributed by atoms with Gasteiger partial charge in [0.05, 0.1) is 22.8 Å². The average Bonchev–Trinajstić information content (AvgIpc) is 3.01. The van der Waals surface area contributed by atoms with Crippen molar-refractivity contribution in [3.8, 4) is 5.75 Å². The van der Waals surface area contributed by atoms with Crippen LogP contribution in [-0.2, 0) is 9.59 Å². The van der Waals surface area contributed by atoms with Gasteiger partial charge < -0.3 is 4.74 Å². The monoisotopic (exact) mass is 437 g/mol. The Hall–Kier alpha value is -3.45. The van der Waals surface area contributed by atoms with Gasteiger partial charge in [-0.05, 0) is 48.9 Å². The number of nitrogens with zero attached hydrogens (tertiary/aromatic N) is 1. The first kappa shape index (κ1) is 20.8. The molecule has 0 saturated carbocycles. The molecule has 2 amide bonds. The second kappa shape index (κ2) is 8.73. The molecule has 0 saturated heterocycles. The summed E-state index contributed by atoms with van der Waals surface area (Å²) in [6.07, 6.45) is 0. The summed E-state index contributed by atoms with van der Waals surface area (Å²) in [5.74, 6) is -2.40. The highest BCUT2D eigenvalue weighted by molar-refractivity contribution is 8.04. The maximum absolute atomic E-state index is 14.4. The summed E-state index contributed by atoms with van der Waals surface area (Å²) in [4.78, 5) is 28.1. The van der Waals surface area contributed by atoms with E-state index in [4.69, 9.17) is 4.74 Å². The highest BCUT2D eigenvalue weighted by Crippen LogP contribution is 2.42. The van der Waals surface area contributed by atoms with E-state index >= 15 is 0 Å². The van der Waals surface area contributed by atoms with E-state index < -0.39 is 29.1 Å². The lowest BCUT2D eigenvalue weighted by Crippen LogP contribution is -2.32. The van der Waals surface area contributed by atoms with Crippen molar-refractivity contribution in [2.24, 2.45) is 0 Å². The number of hydrogen-bond donors (Lipinski definition) is 0. The minimum Gasteiger partial charge on any atom is -0.494 e. The molecule has 0 unspecified atom stereocenters. The van der Waals surface area contributed by atoms with E-state index in [9.17, 15) is 18.4 Å². The van der Waals surface area contributed by atoms with E-state index in [-0.39, 0.29) is 10.5 Å². The van der Waals surface area contributed by atoms with Gasteiger partial charge in [-0.15, -0.1) is 0 Å². The van der Waals surface area contributed by atoms with E-state index in [0.29, 0.717) is 22.8 Å². The number of imide groups is 1. The van der Waals surface area contributed by atoms with E-state index in [1.807, 2.05) is 25.1 Å². The van der Waals surface area contributed by atoms with Crippen LogP contribution in [0, 0.1) is 11.6 Å². The molecule has 31 heavy (non-hydrogen) atoms. The van der Waals surface area contributed by atoms with Crippen LogP contribution in [0.3, 0.4) is 0 Å². The molecule has 1 aliphatic heterocycles. The standard InChI is InChI=1S/C24H17F2NO3S/c1-2-30-17-11-8-15(9-12-17)21-22(31-18-6-4-3-5-7-18)24(29)27(23(21)28)20-14-16(25)10-13-19(20)26/h3-14H,2H2,1H3. The van der Waals surface area contributed by atoms with Crippen molar-refractivity contribution in [3.63, 3.8) is 0 Å². The number of carbonyl (C=O) groups is 2. The zero-order chi connectivity index (χ0) is 22.0. The molecule has 3 aromatic carbocycles. The molecule has 0 spiro atoms. The number of benzene rings is 3. The molecular weight excluding hydrogens is 420 g/mol. The highest BCUT2D eigenvalue weighted by atomic mass is 32.2. The number of amides is 2. The van der Waals surface area contributed by atoms with Gasteiger partial charge in [-0.1, -0.05) is 42.1 Å². The molecule has 4 rings (SSSR count). The maximum atomic E-state index is 14.4. The summed E-state index contributed by atoms with van der Waals surface area (Å²) in [7, 11) is 0. The first-order chi connectivity index (χ1) is 15.0. The molecule has 0 atom stereocenters. The minimum atomic E-state index is -0.861. The van der Waals surface area contributed by atoms with Crippen molar-refractivity contribution >= 4 is 34.8 Å². The molecule has 4 nitrogen and oxygen atoms in total. The topological polar surface area (TPSA) is 46.6 Å². The zero-order valence-corrected chi connectivity index (χ0v) is 17.3. The Bertz CT molecular complexity index is 1180. The molecular formula is C24H17F2NO3S. The lowest BCUT2D eigenvalue weighted by atomic mass is 10.1. The fourth-order valence-electron chi connectivity index (χ4n) is 3.23. The number of anilines is 1. The van der Waals surface area contributed by atoms with Gasteiger partial charge in [0.25, 0.3) is 11.8 Å². The van der Waals surface area contributed by atoms with Crippen molar-refractivity contribution < 1.29 is 23.1 Å². The molecule has 0 N–H and O–H groups in total. The van der Waals surface area contributed by atoms with E-state index in [1.165, 1.54) is 0 Å². The number of carbonyl (C=O) groups excluding carboxylic acids is 2. The van der Waals surface area contributed by atoms with E-state index in [0.717, 1.165) is 34.9 Å². The SMILES string of the molecule is CCOc1ccc(C2=C(Sc3ccccc3)C(=O)N(c3cc(F)ccc3F)C2=O)cc1. The molecule has 0 bridgehead atoms.